The van der Waals surface area contributed by atoms with Crippen LogP contribution in [0.4, 0.5) is 5.69 Å². The lowest BCUT2D eigenvalue weighted by molar-refractivity contribution is -0.139. The van der Waals surface area contributed by atoms with Gasteiger partial charge < -0.3 is 9.64 Å². The zero-order valence-electron chi connectivity index (χ0n) is 19.1. The fourth-order valence-corrected chi connectivity index (χ4v) is 5.23. The first-order valence-electron chi connectivity index (χ1n) is 10.6. The van der Waals surface area contributed by atoms with Gasteiger partial charge in [0.15, 0.2) is 4.80 Å². The number of carbonyl (C=O) groups is 1. The van der Waals surface area contributed by atoms with Gasteiger partial charge >= 0.3 is 5.97 Å². The molecule has 3 aromatic rings. The van der Waals surface area contributed by atoms with Crippen LogP contribution in [0, 0.1) is 0 Å². The summed E-state index contributed by atoms with van der Waals surface area (Å²) in [5.74, 6) is -0.488. The number of halogens is 2. The van der Waals surface area contributed by atoms with E-state index in [1.54, 1.807) is 42.7 Å². The Bertz CT molecular complexity index is 1470. The third-order valence-corrected chi connectivity index (χ3v) is 7.33. The predicted octanol–water partition coefficient (Wildman–Crippen LogP) is 4.17. The highest BCUT2D eigenvalue weighted by molar-refractivity contribution is 7.07. The van der Waals surface area contributed by atoms with Crippen molar-refractivity contribution in [2.45, 2.75) is 19.9 Å². The zero-order chi connectivity index (χ0) is 24.6. The standard InChI is InChI=1S/C25H23Cl2N3O3S/c1-5-33-24(32)20-14(2)28-25-30(22(20)15-9-11-17(12-10-15)29(3)4)23(31)19(34-25)13-16-7-6-8-18(26)21(16)27/h6-13,22H,5H2,1-4H3/b19-13-/t22-/m1/s1. The van der Waals surface area contributed by atoms with Gasteiger partial charge in [-0.2, -0.15) is 0 Å². The lowest BCUT2D eigenvalue weighted by atomic mass is 9.95. The number of allylic oxidation sites excluding steroid dienone is 1. The van der Waals surface area contributed by atoms with Gasteiger partial charge in [0.25, 0.3) is 5.56 Å². The molecule has 0 N–H and O–H groups in total. The first-order chi connectivity index (χ1) is 16.2. The van der Waals surface area contributed by atoms with Gasteiger partial charge in [-0.3, -0.25) is 9.36 Å². The maximum Gasteiger partial charge on any atom is 0.338 e. The second kappa shape index (κ2) is 9.78. The van der Waals surface area contributed by atoms with Crippen molar-refractivity contribution in [3.63, 3.8) is 0 Å². The smallest absolute Gasteiger partial charge is 0.338 e. The summed E-state index contributed by atoms with van der Waals surface area (Å²) in [5, 5.41) is 0.775. The molecule has 1 aromatic heterocycles. The van der Waals surface area contributed by atoms with Crippen molar-refractivity contribution in [1.29, 1.82) is 0 Å². The average Bonchev–Trinajstić information content (AvgIpc) is 3.10. The summed E-state index contributed by atoms with van der Waals surface area (Å²) in [6.45, 7) is 3.73. The number of fused-ring (bicyclic) bond motifs is 1. The molecule has 0 radical (unpaired) electrons. The Morgan fingerprint density at radius 2 is 1.91 bits per heavy atom. The minimum atomic E-state index is -0.663. The van der Waals surface area contributed by atoms with Gasteiger partial charge in [0.05, 0.1) is 38.5 Å². The second-order valence-electron chi connectivity index (χ2n) is 7.93. The van der Waals surface area contributed by atoms with Gasteiger partial charge in [0, 0.05) is 19.8 Å². The van der Waals surface area contributed by atoms with Gasteiger partial charge in [-0.05, 0) is 49.2 Å². The molecular formula is C25H23Cl2N3O3S. The maximum absolute atomic E-state index is 13.6. The number of rotatable bonds is 5. The number of esters is 1. The fourth-order valence-electron chi connectivity index (χ4n) is 3.83. The number of benzene rings is 2. The van der Waals surface area contributed by atoms with E-state index < -0.39 is 12.0 Å². The number of aromatic nitrogens is 1. The molecule has 6 nitrogen and oxygen atoms in total. The first kappa shape index (κ1) is 24.3. The molecule has 0 bridgehead atoms. The Morgan fingerprint density at radius 1 is 1.21 bits per heavy atom. The van der Waals surface area contributed by atoms with Gasteiger partial charge in [-0.25, -0.2) is 9.79 Å². The molecule has 2 aromatic carbocycles. The predicted molar refractivity (Wildman–Crippen MR) is 138 cm³/mol. The summed E-state index contributed by atoms with van der Waals surface area (Å²) in [4.78, 5) is 33.7. The molecule has 0 aliphatic carbocycles. The molecule has 1 aliphatic rings. The molecule has 34 heavy (non-hydrogen) atoms. The van der Waals surface area contributed by atoms with E-state index >= 15 is 0 Å². The zero-order valence-corrected chi connectivity index (χ0v) is 21.5. The topological polar surface area (TPSA) is 63.9 Å². The Balaban J connectivity index is 1.95. The van der Waals surface area contributed by atoms with Crippen LogP contribution in [0.1, 0.15) is 31.0 Å². The first-order valence-corrected chi connectivity index (χ1v) is 12.2. The molecular weight excluding hydrogens is 493 g/mol. The van der Waals surface area contributed by atoms with Crippen molar-refractivity contribution in [3.05, 3.63) is 94.6 Å². The summed E-state index contributed by atoms with van der Waals surface area (Å²) in [7, 11) is 3.90. The van der Waals surface area contributed by atoms with Gasteiger partial charge in [-0.15, -0.1) is 0 Å². The van der Waals surface area contributed by atoms with Gasteiger partial charge in [0.1, 0.15) is 0 Å². The van der Waals surface area contributed by atoms with Crippen molar-refractivity contribution in [3.8, 4) is 0 Å². The minimum Gasteiger partial charge on any atom is -0.463 e. The largest absolute Gasteiger partial charge is 0.463 e. The number of nitrogens with zero attached hydrogens (tertiary/aromatic N) is 3. The second-order valence-corrected chi connectivity index (χ2v) is 9.73. The lowest BCUT2D eigenvalue weighted by Gasteiger charge is -2.25. The Hall–Kier alpha value is -2.87. The van der Waals surface area contributed by atoms with Crippen LogP contribution in [0.5, 0.6) is 0 Å². The van der Waals surface area contributed by atoms with Crippen LogP contribution in [0.3, 0.4) is 0 Å². The van der Waals surface area contributed by atoms with E-state index in [1.807, 2.05) is 43.3 Å². The van der Waals surface area contributed by atoms with E-state index in [-0.39, 0.29) is 12.2 Å². The molecule has 176 valence electrons. The lowest BCUT2D eigenvalue weighted by Crippen LogP contribution is -2.40. The molecule has 0 saturated heterocycles. The van der Waals surface area contributed by atoms with Crippen molar-refractivity contribution >= 4 is 52.3 Å². The molecule has 0 fully saturated rings. The van der Waals surface area contributed by atoms with Crippen LogP contribution < -0.4 is 19.8 Å². The van der Waals surface area contributed by atoms with E-state index in [0.717, 1.165) is 11.3 Å². The quantitative estimate of drug-likeness (QED) is 0.478. The summed E-state index contributed by atoms with van der Waals surface area (Å²) in [5.41, 5.74) is 3.03. The maximum atomic E-state index is 13.6. The summed E-state index contributed by atoms with van der Waals surface area (Å²) >= 11 is 13.7. The van der Waals surface area contributed by atoms with Crippen LogP contribution in [0.25, 0.3) is 6.08 Å². The third-order valence-electron chi connectivity index (χ3n) is 5.51. The molecule has 0 unspecified atom stereocenters. The normalized spacial score (nSPS) is 15.7. The summed E-state index contributed by atoms with van der Waals surface area (Å²) in [6, 6.07) is 12.3. The molecule has 1 atom stereocenters. The van der Waals surface area contributed by atoms with Crippen LogP contribution in [-0.4, -0.2) is 31.2 Å². The number of anilines is 1. The molecule has 0 spiro atoms. The van der Waals surface area contributed by atoms with E-state index in [4.69, 9.17) is 27.9 Å². The highest BCUT2D eigenvalue weighted by Gasteiger charge is 2.33. The SMILES string of the molecule is CCOC(=O)C1=C(C)N=c2s/c(=C\c3cccc(Cl)c3Cl)c(=O)n2[C@@H]1c1ccc(N(C)C)cc1. The van der Waals surface area contributed by atoms with Crippen LogP contribution in [-0.2, 0) is 9.53 Å². The van der Waals surface area contributed by atoms with Crippen molar-refractivity contribution in [2.24, 2.45) is 4.99 Å². The van der Waals surface area contributed by atoms with Gasteiger partial charge in [0.2, 0.25) is 0 Å². The molecule has 2 heterocycles. The van der Waals surface area contributed by atoms with E-state index in [0.29, 0.717) is 36.2 Å². The molecule has 1 aliphatic heterocycles. The third kappa shape index (κ3) is 4.43. The van der Waals surface area contributed by atoms with Crippen molar-refractivity contribution < 1.29 is 9.53 Å². The number of thiazole rings is 1. The number of hydrogen-bond donors (Lipinski definition) is 0. The molecule has 9 heteroatoms. The summed E-state index contributed by atoms with van der Waals surface area (Å²) in [6.07, 6.45) is 1.70. The van der Waals surface area contributed by atoms with E-state index in [2.05, 4.69) is 4.99 Å². The number of hydrogen-bond acceptors (Lipinski definition) is 6. The van der Waals surface area contributed by atoms with Crippen molar-refractivity contribution in [1.82, 2.24) is 4.57 Å². The Morgan fingerprint density at radius 3 is 2.56 bits per heavy atom. The molecule has 0 amide bonds. The minimum absolute atomic E-state index is 0.222. The van der Waals surface area contributed by atoms with Crippen LogP contribution in [0.2, 0.25) is 10.0 Å². The highest BCUT2D eigenvalue weighted by Crippen LogP contribution is 2.32. The van der Waals surface area contributed by atoms with E-state index in [1.165, 1.54) is 11.3 Å². The summed E-state index contributed by atoms with van der Waals surface area (Å²) < 4.78 is 7.33. The number of ether oxygens (including phenoxy) is 1. The van der Waals surface area contributed by atoms with Gasteiger partial charge in [-0.1, -0.05) is 58.8 Å². The highest BCUT2D eigenvalue weighted by atomic mass is 35.5. The van der Waals surface area contributed by atoms with E-state index in [9.17, 15) is 9.59 Å². The van der Waals surface area contributed by atoms with Crippen LogP contribution in [0.15, 0.2) is 63.5 Å². The van der Waals surface area contributed by atoms with Crippen LogP contribution >= 0.6 is 34.5 Å². The fraction of sp³-hybridized carbons (Fsp3) is 0.240. The van der Waals surface area contributed by atoms with Crippen molar-refractivity contribution in [2.75, 3.05) is 25.6 Å². The molecule has 4 rings (SSSR count). The average molecular weight is 516 g/mol. The Kier molecular flexibility index (Phi) is 6.98. The Labute approximate surface area is 211 Å². The number of carbonyl (C=O) groups excluding carboxylic acids is 1. The monoisotopic (exact) mass is 515 g/mol. The molecule has 0 saturated carbocycles.